The van der Waals surface area contributed by atoms with Gasteiger partial charge in [0.15, 0.2) is 0 Å². The highest BCUT2D eigenvalue weighted by molar-refractivity contribution is 7.99. The van der Waals surface area contributed by atoms with Crippen molar-refractivity contribution in [3.8, 4) is 0 Å². The quantitative estimate of drug-likeness (QED) is 0.608. The van der Waals surface area contributed by atoms with Gasteiger partial charge in [-0.1, -0.05) is 38.0 Å². The number of aromatic nitrogens is 3. The van der Waals surface area contributed by atoms with Gasteiger partial charge in [-0.25, -0.2) is 4.98 Å². The first-order valence-corrected chi connectivity index (χ1v) is 11.4. The molecule has 1 amide bonds. The lowest BCUT2D eigenvalue weighted by Crippen LogP contribution is -2.33. The third-order valence-corrected chi connectivity index (χ3v) is 5.90. The summed E-state index contributed by atoms with van der Waals surface area (Å²) >= 11 is 1.95. The standard InChI is InChI=1S/C22H26N6O2S/c1-22(2,3)15-4-6-16(7-5-15)25-21-27-26-20(30-21)19(29)24-17-8-9-18(23-14-17)28-10-12-31-13-11-28/h4-9,14H,10-13H2,1-3H3,(H,24,29)(H,25,27). The van der Waals surface area contributed by atoms with Crippen LogP contribution in [0.3, 0.4) is 0 Å². The number of carbonyl (C=O) groups is 1. The highest BCUT2D eigenvalue weighted by Gasteiger charge is 2.17. The molecule has 0 spiro atoms. The lowest BCUT2D eigenvalue weighted by molar-refractivity contribution is 0.0991. The van der Waals surface area contributed by atoms with Crippen molar-refractivity contribution in [2.24, 2.45) is 0 Å². The molecular formula is C22H26N6O2S. The summed E-state index contributed by atoms with van der Waals surface area (Å²) in [7, 11) is 0. The van der Waals surface area contributed by atoms with Gasteiger partial charge in [0, 0.05) is 30.3 Å². The van der Waals surface area contributed by atoms with Crippen molar-refractivity contribution in [2.45, 2.75) is 26.2 Å². The van der Waals surface area contributed by atoms with E-state index in [2.05, 4.69) is 51.5 Å². The van der Waals surface area contributed by atoms with Crippen LogP contribution in [0.25, 0.3) is 0 Å². The number of pyridine rings is 1. The van der Waals surface area contributed by atoms with E-state index < -0.39 is 5.91 Å². The molecule has 162 valence electrons. The Morgan fingerprint density at radius 2 is 1.74 bits per heavy atom. The van der Waals surface area contributed by atoms with Gasteiger partial charge in [-0.3, -0.25) is 4.79 Å². The Bertz CT molecular complexity index is 1020. The van der Waals surface area contributed by atoms with Gasteiger partial charge < -0.3 is 20.0 Å². The molecule has 0 saturated carbocycles. The van der Waals surface area contributed by atoms with Crippen molar-refractivity contribution in [1.29, 1.82) is 0 Å². The number of amides is 1. The molecule has 8 nitrogen and oxygen atoms in total. The van der Waals surface area contributed by atoms with E-state index >= 15 is 0 Å². The fraction of sp³-hybridized carbons (Fsp3) is 0.364. The van der Waals surface area contributed by atoms with Gasteiger partial charge in [0.1, 0.15) is 5.82 Å². The molecule has 3 aromatic rings. The van der Waals surface area contributed by atoms with Crippen LogP contribution in [0.2, 0.25) is 0 Å². The Morgan fingerprint density at radius 3 is 2.39 bits per heavy atom. The number of anilines is 4. The second kappa shape index (κ2) is 8.97. The Morgan fingerprint density at radius 1 is 1.03 bits per heavy atom. The average Bonchev–Trinajstić information content (AvgIpc) is 3.23. The van der Waals surface area contributed by atoms with Crippen molar-refractivity contribution < 1.29 is 9.21 Å². The molecule has 0 radical (unpaired) electrons. The van der Waals surface area contributed by atoms with E-state index in [-0.39, 0.29) is 17.3 Å². The van der Waals surface area contributed by atoms with Crippen LogP contribution in [0.4, 0.5) is 23.2 Å². The van der Waals surface area contributed by atoms with Gasteiger partial charge in [-0.2, -0.15) is 11.8 Å². The predicted molar refractivity (Wildman–Crippen MR) is 124 cm³/mol. The average molecular weight is 439 g/mol. The molecule has 31 heavy (non-hydrogen) atoms. The van der Waals surface area contributed by atoms with E-state index in [9.17, 15) is 4.79 Å². The smallest absolute Gasteiger partial charge is 0.320 e. The highest BCUT2D eigenvalue weighted by atomic mass is 32.2. The minimum atomic E-state index is -0.479. The zero-order valence-electron chi connectivity index (χ0n) is 17.9. The van der Waals surface area contributed by atoms with Crippen LogP contribution in [-0.4, -0.2) is 45.7 Å². The van der Waals surface area contributed by atoms with Gasteiger partial charge in [0.05, 0.1) is 11.9 Å². The molecule has 4 rings (SSSR count). The van der Waals surface area contributed by atoms with Gasteiger partial charge in [0.2, 0.25) is 0 Å². The van der Waals surface area contributed by atoms with E-state index in [1.807, 2.05) is 48.2 Å². The molecule has 2 N–H and O–H groups in total. The molecule has 1 aliphatic heterocycles. The first-order valence-electron chi connectivity index (χ1n) is 10.2. The van der Waals surface area contributed by atoms with Gasteiger partial charge in [-0.05, 0) is 35.2 Å². The molecular weight excluding hydrogens is 412 g/mol. The first kappa shape index (κ1) is 21.2. The summed E-state index contributed by atoms with van der Waals surface area (Å²) in [6, 6.07) is 11.9. The Kier molecular flexibility index (Phi) is 6.13. The third kappa shape index (κ3) is 5.35. The van der Waals surface area contributed by atoms with Crippen molar-refractivity contribution in [1.82, 2.24) is 15.2 Å². The minimum Gasteiger partial charge on any atom is -0.399 e. The number of carbonyl (C=O) groups excluding carboxylic acids is 1. The third-order valence-electron chi connectivity index (χ3n) is 4.96. The lowest BCUT2D eigenvalue weighted by atomic mass is 9.87. The summed E-state index contributed by atoms with van der Waals surface area (Å²) in [6.45, 7) is 8.46. The summed E-state index contributed by atoms with van der Waals surface area (Å²) in [6.07, 6.45) is 1.64. The monoisotopic (exact) mass is 438 g/mol. The lowest BCUT2D eigenvalue weighted by Gasteiger charge is -2.27. The van der Waals surface area contributed by atoms with Crippen LogP contribution < -0.4 is 15.5 Å². The molecule has 0 bridgehead atoms. The molecule has 2 aromatic heterocycles. The molecule has 1 aromatic carbocycles. The molecule has 1 aliphatic rings. The largest absolute Gasteiger partial charge is 0.399 e. The Hall–Kier alpha value is -3.07. The number of hydrogen-bond donors (Lipinski definition) is 2. The molecule has 1 fully saturated rings. The van der Waals surface area contributed by atoms with Crippen LogP contribution in [0.5, 0.6) is 0 Å². The molecule has 0 unspecified atom stereocenters. The minimum absolute atomic E-state index is 0.0776. The fourth-order valence-corrected chi connectivity index (χ4v) is 4.07. The molecule has 3 heterocycles. The molecule has 9 heteroatoms. The van der Waals surface area contributed by atoms with Crippen molar-refractivity contribution in [2.75, 3.05) is 40.1 Å². The van der Waals surface area contributed by atoms with Crippen molar-refractivity contribution in [3.05, 3.63) is 54.0 Å². The number of nitrogens with one attached hydrogen (secondary N) is 2. The summed E-state index contributed by atoms with van der Waals surface area (Å²) in [5.74, 6) is 2.53. The van der Waals surface area contributed by atoms with E-state index in [4.69, 9.17) is 4.42 Å². The Balaban J connectivity index is 1.35. The van der Waals surface area contributed by atoms with Gasteiger partial charge in [0.25, 0.3) is 0 Å². The van der Waals surface area contributed by atoms with Crippen molar-refractivity contribution in [3.63, 3.8) is 0 Å². The van der Waals surface area contributed by atoms with Gasteiger partial charge >= 0.3 is 17.8 Å². The highest BCUT2D eigenvalue weighted by Crippen LogP contribution is 2.25. The van der Waals surface area contributed by atoms with E-state index in [0.717, 1.165) is 36.1 Å². The number of thioether (sulfide) groups is 1. The SMILES string of the molecule is CC(C)(C)c1ccc(Nc2nnc(C(=O)Nc3ccc(N4CCSCC4)nc3)o2)cc1. The predicted octanol–water partition coefficient (Wildman–Crippen LogP) is 4.31. The van der Waals surface area contributed by atoms with Crippen LogP contribution in [0.1, 0.15) is 37.0 Å². The Labute approximate surface area is 185 Å². The van der Waals surface area contributed by atoms with Crippen LogP contribution in [0, 0.1) is 0 Å². The maximum absolute atomic E-state index is 12.4. The van der Waals surface area contributed by atoms with E-state index in [1.54, 1.807) is 6.20 Å². The van der Waals surface area contributed by atoms with E-state index in [0.29, 0.717) is 5.69 Å². The molecule has 1 saturated heterocycles. The maximum atomic E-state index is 12.4. The second-order valence-corrected chi connectivity index (χ2v) is 9.55. The topological polar surface area (TPSA) is 96.2 Å². The number of hydrogen-bond acceptors (Lipinski definition) is 8. The zero-order valence-corrected chi connectivity index (χ0v) is 18.7. The first-order chi connectivity index (χ1) is 14.9. The number of benzene rings is 1. The summed E-state index contributed by atoms with van der Waals surface area (Å²) in [5.41, 5.74) is 2.68. The summed E-state index contributed by atoms with van der Waals surface area (Å²) in [5, 5.41) is 13.5. The normalized spacial score (nSPS) is 14.4. The van der Waals surface area contributed by atoms with Crippen LogP contribution >= 0.6 is 11.8 Å². The van der Waals surface area contributed by atoms with Crippen LogP contribution in [-0.2, 0) is 5.41 Å². The number of rotatable bonds is 5. The zero-order chi connectivity index (χ0) is 21.8. The summed E-state index contributed by atoms with van der Waals surface area (Å²) < 4.78 is 5.46. The van der Waals surface area contributed by atoms with Crippen molar-refractivity contribution >= 4 is 40.9 Å². The fourth-order valence-electron chi connectivity index (χ4n) is 3.17. The maximum Gasteiger partial charge on any atom is 0.320 e. The van der Waals surface area contributed by atoms with E-state index in [1.165, 1.54) is 5.56 Å². The second-order valence-electron chi connectivity index (χ2n) is 8.32. The summed E-state index contributed by atoms with van der Waals surface area (Å²) in [4.78, 5) is 19.1. The molecule has 0 aliphatic carbocycles. The number of nitrogens with zero attached hydrogens (tertiary/aromatic N) is 4. The molecule has 0 atom stereocenters. The van der Waals surface area contributed by atoms with Gasteiger partial charge in [-0.15, -0.1) is 5.10 Å². The van der Waals surface area contributed by atoms with Crippen LogP contribution in [0.15, 0.2) is 47.0 Å².